The Bertz CT molecular complexity index is 435. The van der Waals surface area contributed by atoms with Crippen molar-refractivity contribution in [2.75, 3.05) is 13.2 Å². The molecule has 1 rings (SSSR count). The van der Waals surface area contributed by atoms with E-state index in [9.17, 15) is 9.36 Å². The highest BCUT2D eigenvalue weighted by atomic mass is 31.2. The second-order valence-electron chi connectivity index (χ2n) is 4.08. The van der Waals surface area contributed by atoms with Crippen LogP contribution in [0.4, 0.5) is 0 Å². The van der Waals surface area contributed by atoms with Crippen LogP contribution < -0.4 is 0 Å². The van der Waals surface area contributed by atoms with Gasteiger partial charge in [-0.1, -0.05) is 24.3 Å². The summed E-state index contributed by atoms with van der Waals surface area (Å²) in [6.07, 6.45) is 2.26. The molecule has 0 saturated heterocycles. The van der Waals surface area contributed by atoms with E-state index in [4.69, 9.17) is 9.05 Å². The van der Waals surface area contributed by atoms with E-state index in [0.29, 0.717) is 26.1 Å². The monoisotopic (exact) mass is 284 g/mol. The van der Waals surface area contributed by atoms with Crippen molar-refractivity contribution in [3.63, 3.8) is 0 Å². The Labute approximate surface area is 114 Å². The summed E-state index contributed by atoms with van der Waals surface area (Å²) in [6, 6.07) is 7.66. The molecule has 0 N–H and O–H groups in total. The molecule has 5 heteroatoms. The first-order chi connectivity index (χ1) is 9.15. The van der Waals surface area contributed by atoms with Gasteiger partial charge < -0.3 is 13.8 Å². The third kappa shape index (κ3) is 5.27. The van der Waals surface area contributed by atoms with Gasteiger partial charge in [-0.15, -0.1) is 0 Å². The van der Waals surface area contributed by atoms with E-state index in [1.54, 1.807) is 13.8 Å². The first kappa shape index (κ1) is 16.1. The van der Waals surface area contributed by atoms with Crippen LogP contribution in [0.25, 0.3) is 0 Å². The number of benzene rings is 1. The third-order valence-corrected chi connectivity index (χ3v) is 4.70. The van der Waals surface area contributed by atoms with E-state index < -0.39 is 7.60 Å². The highest BCUT2D eigenvalue weighted by molar-refractivity contribution is 7.53. The maximum absolute atomic E-state index is 12.5. The van der Waals surface area contributed by atoms with Crippen molar-refractivity contribution in [1.82, 2.24) is 0 Å². The minimum atomic E-state index is -3.09. The fourth-order valence-electron chi connectivity index (χ4n) is 1.90. The Morgan fingerprint density at radius 1 is 1.11 bits per heavy atom. The number of hydrogen-bond acceptors (Lipinski definition) is 4. The van der Waals surface area contributed by atoms with Gasteiger partial charge in [0.1, 0.15) is 6.29 Å². The van der Waals surface area contributed by atoms with Crippen LogP contribution in [-0.4, -0.2) is 19.5 Å². The molecular weight excluding hydrogens is 263 g/mol. The van der Waals surface area contributed by atoms with Gasteiger partial charge in [0.25, 0.3) is 0 Å². The predicted molar refractivity (Wildman–Crippen MR) is 75.4 cm³/mol. The molecular formula is C14H21O4P. The molecule has 19 heavy (non-hydrogen) atoms. The van der Waals surface area contributed by atoms with Gasteiger partial charge in [0, 0.05) is 6.42 Å². The Hall–Kier alpha value is -0.960. The quantitative estimate of drug-likeness (QED) is 0.513. The molecule has 106 valence electrons. The van der Waals surface area contributed by atoms with Gasteiger partial charge in [-0.3, -0.25) is 4.57 Å². The van der Waals surface area contributed by atoms with Crippen molar-refractivity contribution in [3.8, 4) is 0 Å². The molecule has 1 aromatic rings. The normalized spacial score (nSPS) is 11.5. The second-order valence-corrected chi connectivity index (χ2v) is 6.13. The molecule has 0 aliphatic rings. The lowest BCUT2D eigenvalue weighted by atomic mass is 10.0. The van der Waals surface area contributed by atoms with Crippen LogP contribution in [-0.2, 0) is 31.0 Å². The fourth-order valence-corrected chi connectivity index (χ4v) is 3.67. The molecule has 4 nitrogen and oxygen atoms in total. The predicted octanol–water partition coefficient (Wildman–Crippen LogP) is 3.58. The molecule has 0 saturated carbocycles. The van der Waals surface area contributed by atoms with E-state index in [1.165, 1.54) is 0 Å². The van der Waals surface area contributed by atoms with Gasteiger partial charge in [-0.2, -0.15) is 0 Å². The molecule has 0 fully saturated rings. The SMILES string of the molecule is CCOP(=O)(Cc1ccccc1CCC=O)OCC. The Balaban J connectivity index is 2.89. The van der Waals surface area contributed by atoms with Crippen LogP contribution >= 0.6 is 7.60 Å². The first-order valence-corrected chi connectivity index (χ1v) is 8.26. The Morgan fingerprint density at radius 3 is 2.21 bits per heavy atom. The highest BCUT2D eigenvalue weighted by Gasteiger charge is 2.25. The smallest absolute Gasteiger partial charge is 0.309 e. The van der Waals surface area contributed by atoms with Crippen LogP contribution in [0.3, 0.4) is 0 Å². The summed E-state index contributed by atoms with van der Waals surface area (Å²) in [5.74, 6) is 0. The third-order valence-electron chi connectivity index (χ3n) is 2.67. The van der Waals surface area contributed by atoms with Crippen LogP contribution in [0.5, 0.6) is 0 Å². The molecule has 0 bridgehead atoms. The van der Waals surface area contributed by atoms with Gasteiger partial charge in [-0.05, 0) is 31.4 Å². The van der Waals surface area contributed by atoms with Gasteiger partial charge >= 0.3 is 7.60 Å². The van der Waals surface area contributed by atoms with Crippen molar-refractivity contribution >= 4 is 13.9 Å². The topological polar surface area (TPSA) is 52.6 Å². The standard InChI is InChI=1S/C14H21O4P/c1-3-17-19(16,18-4-2)12-14-9-6-5-8-13(14)10-7-11-15/h5-6,8-9,11H,3-4,7,10,12H2,1-2H3. The summed E-state index contributed by atoms with van der Waals surface area (Å²) in [5.41, 5.74) is 1.95. The largest absolute Gasteiger partial charge is 0.335 e. The summed E-state index contributed by atoms with van der Waals surface area (Å²) in [5, 5.41) is 0. The zero-order chi connectivity index (χ0) is 14.1. The Morgan fingerprint density at radius 2 is 1.68 bits per heavy atom. The number of aryl methyl sites for hydroxylation is 1. The second kappa shape index (κ2) is 8.26. The van der Waals surface area contributed by atoms with Gasteiger partial charge in [-0.25, -0.2) is 0 Å². The minimum Gasteiger partial charge on any atom is -0.309 e. The number of carbonyl (C=O) groups excluding carboxylic acids is 1. The van der Waals surface area contributed by atoms with Crippen molar-refractivity contribution < 1.29 is 18.4 Å². The molecule has 0 radical (unpaired) electrons. The van der Waals surface area contributed by atoms with Crippen molar-refractivity contribution in [1.29, 1.82) is 0 Å². The molecule has 0 aromatic heterocycles. The number of hydrogen-bond donors (Lipinski definition) is 0. The molecule has 0 spiro atoms. The lowest BCUT2D eigenvalue weighted by Gasteiger charge is -2.18. The van der Waals surface area contributed by atoms with Crippen molar-refractivity contribution in [2.24, 2.45) is 0 Å². The zero-order valence-electron chi connectivity index (χ0n) is 11.5. The van der Waals surface area contributed by atoms with Gasteiger partial charge in [0.2, 0.25) is 0 Å². The average Bonchev–Trinajstić information content (AvgIpc) is 2.38. The summed E-state index contributed by atoms with van der Waals surface area (Å²) in [6.45, 7) is 4.30. The summed E-state index contributed by atoms with van der Waals surface area (Å²) >= 11 is 0. The molecule has 0 heterocycles. The molecule has 0 atom stereocenters. The molecule has 0 aliphatic heterocycles. The van der Waals surface area contributed by atoms with Crippen molar-refractivity contribution in [3.05, 3.63) is 35.4 Å². The number of carbonyl (C=O) groups is 1. The maximum atomic E-state index is 12.5. The van der Waals surface area contributed by atoms with E-state index >= 15 is 0 Å². The van der Waals surface area contributed by atoms with Gasteiger partial charge in [0.05, 0.1) is 19.4 Å². The Kier molecular flexibility index (Phi) is 7.00. The minimum absolute atomic E-state index is 0.254. The van der Waals surface area contributed by atoms with E-state index in [0.717, 1.165) is 17.4 Å². The molecule has 1 aromatic carbocycles. The van der Waals surface area contributed by atoms with Crippen LogP contribution in [0.15, 0.2) is 24.3 Å². The zero-order valence-corrected chi connectivity index (χ0v) is 12.4. The van der Waals surface area contributed by atoms with E-state index in [-0.39, 0.29) is 6.16 Å². The lowest BCUT2D eigenvalue weighted by molar-refractivity contribution is -0.107. The van der Waals surface area contributed by atoms with Crippen molar-refractivity contribution in [2.45, 2.75) is 32.9 Å². The van der Waals surface area contributed by atoms with Crippen LogP contribution in [0.2, 0.25) is 0 Å². The van der Waals surface area contributed by atoms with Crippen LogP contribution in [0.1, 0.15) is 31.4 Å². The highest BCUT2D eigenvalue weighted by Crippen LogP contribution is 2.51. The van der Waals surface area contributed by atoms with E-state index in [2.05, 4.69) is 0 Å². The summed E-state index contributed by atoms with van der Waals surface area (Å²) < 4.78 is 23.1. The molecule has 0 amide bonds. The molecule has 0 aliphatic carbocycles. The summed E-state index contributed by atoms with van der Waals surface area (Å²) in [7, 11) is -3.09. The fraction of sp³-hybridized carbons (Fsp3) is 0.500. The number of aldehydes is 1. The van der Waals surface area contributed by atoms with E-state index in [1.807, 2.05) is 24.3 Å². The lowest BCUT2D eigenvalue weighted by Crippen LogP contribution is -2.02. The molecule has 0 unspecified atom stereocenters. The van der Waals surface area contributed by atoms with Crippen LogP contribution in [0, 0.1) is 0 Å². The summed E-state index contributed by atoms with van der Waals surface area (Å²) in [4.78, 5) is 10.5. The first-order valence-electron chi connectivity index (χ1n) is 6.53. The average molecular weight is 284 g/mol. The maximum Gasteiger partial charge on any atom is 0.335 e. The van der Waals surface area contributed by atoms with Gasteiger partial charge in [0.15, 0.2) is 0 Å². The number of rotatable bonds is 9.